The van der Waals surface area contributed by atoms with Gasteiger partial charge in [0.15, 0.2) is 4.96 Å². The zero-order valence-electron chi connectivity index (χ0n) is 11.2. The highest BCUT2D eigenvalue weighted by molar-refractivity contribution is 7.15. The molecule has 3 rings (SSSR count). The SMILES string of the molecule is CCC1NC(=O)CCN(Cc2cn3ccsc3n2)C1=O. The summed E-state index contributed by atoms with van der Waals surface area (Å²) in [5.41, 5.74) is 0.856. The van der Waals surface area contributed by atoms with E-state index in [9.17, 15) is 9.59 Å². The lowest BCUT2D eigenvalue weighted by Crippen LogP contribution is -2.43. The van der Waals surface area contributed by atoms with Gasteiger partial charge < -0.3 is 10.2 Å². The van der Waals surface area contributed by atoms with Gasteiger partial charge in [-0.05, 0) is 6.42 Å². The quantitative estimate of drug-likeness (QED) is 0.918. The van der Waals surface area contributed by atoms with Crippen molar-refractivity contribution in [3.63, 3.8) is 0 Å². The van der Waals surface area contributed by atoms with Gasteiger partial charge in [-0.25, -0.2) is 4.98 Å². The van der Waals surface area contributed by atoms with Gasteiger partial charge in [-0.2, -0.15) is 0 Å². The normalized spacial score (nSPS) is 20.2. The molecule has 1 saturated heterocycles. The van der Waals surface area contributed by atoms with Crippen LogP contribution in [0.15, 0.2) is 17.8 Å². The van der Waals surface area contributed by atoms with Crippen LogP contribution in [0.4, 0.5) is 0 Å². The maximum atomic E-state index is 12.4. The Hall–Kier alpha value is -1.89. The molecular weight excluding hydrogens is 276 g/mol. The lowest BCUT2D eigenvalue weighted by atomic mass is 10.2. The second-order valence-electron chi connectivity index (χ2n) is 4.86. The summed E-state index contributed by atoms with van der Waals surface area (Å²) in [5.74, 6) is -0.0757. The lowest BCUT2D eigenvalue weighted by molar-refractivity contribution is -0.134. The van der Waals surface area contributed by atoms with E-state index in [-0.39, 0.29) is 11.8 Å². The van der Waals surface area contributed by atoms with E-state index in [1.165, 1.54) is 0 Å². The van der Waals surface area contributed by atoms with E-state index in [1.54, 1.807) is 16.2 Å². The summed E-state index contributed by atoms with van der Waals surface area (Å²) in [5, 5.41) is 4.73. The van der Waals surface area contributed by atoms with E-state index in [4.69, 9.17) is 0 Å². The van der Waals surface area contributed by atoms with Crippen molar-refractivity contribution < 1.29 is 9.59 Å². The molecular formula is C13H16N4O2S. The highest BCUT2D eigenvalue weighted by Gasteiger charge is 2.28. The number of nitrogens with zero attached hydrogens (tertiary/aromatic N) is 3. The Morgan fingerprint density at radius 3 is 3.10 bits per heavy atom. The van der Waals surface area contributed by atoms with E-state index in [0.29, 0.717) is 25.9 Å². The molecule has 1 atom stereocenters. The Labute approximate surface area is 120 Å². The third kappa shape index (κ3) is 2.40. The summed E-state index contributed by atoms with van der Waals surface area (Å²) in [6.07, 6.45) is 4.84. The van der Waals surface area contributed by atoms with Crippen molar-refractivity contribution in [3.05, 3.63) is 23.5 Å². The number of amides is 2. The number of thiazole rings is 1. The molecule has 1 fully saturated rings. The van der Waals surface area contributed by atoms with Gasteiger partial charge in [0.1, 0.15) is 6.04 Å². The van der Waals surface area contributed by atoms with Gasteiger partial charge in [-0.15, -0.1) is 11.3 Å². The van der Waals surface area contributed by atoms with Crippen molar-refractivity contribution in [2.45, 2.75) is 32.4 Å². The number of nitrogens with one attached hydrogen (secondary N) is 1. The predicted octanol–water partition coefficient (Wildman–Crippen LogP) is 1.02. The summed E-state index contributed by atoms with van der Waals surface area (Å²) in [6, 6.07) is -0.409. The number of hydrogen-bond donors (Lipinski definition) is 1. The molecule has 7 heteroatoms. The van der Waals surface area contributed by atoms with Crippen LogP contribution in [0.25, 0.3) is 4.96 Å². The first-order chi connectivity index (χ1) is 9.67. The highest BCUT2D eigenvalue weighted by Crippen LogP contribution is 2.15. The number of carbonyl (C=O) groups is 2. The molecule has 0 radical (unpaired) electrons. The molecule has 20 heavy (non-hydrogen) atoms. The fourth-order valence-corrected chi connectivity index (χ4v) is 3.10. The summed E-state index contributed by atoms with van der Waals surface area (Å²) < 4.78 is 1.95. The number of imidazole rings is 1. The average molecular weight is 292 g/mol. The predicted molar refractivity (Wildman–Crippen MR) is 75.3 cm³/mol. The van der Waals surface area contributed by atoms with Crippen LogP contribution in [0, 0.1) is 0 Å². The van der Waals surface area contributed by atoms with Crippen molar-refractivity contribution >= 4 is 28.1 Å². The Balaban J connectivity index is 1.79. The van der Waals surface area contributed by atoms with Gasteiger partial charge >= 0.3 is 0 Å². The van der Waals surface area contributed by atoms with Gasteiger partial charge in [0.2, 0.25) is 11.8 Å². The average Bonchev–Trinajstić information content (AvgIpc) is 2.97. The van der Waals surface area contributed by atoms with Crippen molar-refractivity contribution in [1.82, 2.24) is 19.6 Å². The fourth-order valence-electron chi connectivity index (χ4n) is 2.38. The van der Waals surface area contributed by atoms with Gasteiger partial charge in [-0.3, -0.25) is 14.0 Å². The van der Waals surface area contributed by atoms with E-state index in [1.807, 2.05) is 29.1 Å². The first-order valence-electron chi connectivity index (χ1n) is 6.66. The van der Waals surface area contributed by atoms with E-state index < -0.39 is 6.04 Å². The summed E-state index contributed by atoms with van der Waals surface area (Å²) in [6.45, 7) is 2.81. The minimum atomic E-state index is -0.409. The molecule has 106 valence electrons. The molecule has 1 unspecified atom stereocenters. The van der Waals surface area contributed by atoms with Crippen molar-refractivity contribution in [1.29, 1.82) is 0 Å². The van der Waals surface area contributed by atoms with Crippen LogP contribution in [0.2, 0.25) is 0 Å². The van der Waals surface area contributed by atoms with E-state index in [2.05, 4.69) is 10.3 Å². The third-order valence-corrected chi connectivity index (χ3v) is 4.23. The maximum Gasteiger partial charge on any atom is 0.245 e. The zero-order chi connectivity index (χ0) is 14.1. The van der Waals surface area contributed by atoms with Crippen LogP contribution in [0.1, 0.15) is 25.5 Å². The second kappa shape index (κ2) is 5.24. The Bertz CT molecular complexity index is 619. The zero-order valence-corrected chi connectivity index (χ0v) is 12.0. The largest absolute Gasteiger partial charge is 0.344 e. The highest BCUT2D eigenvalue weighted by atomic mass is 32.1. The first-order valence-corrected chi connectivity index (χ1v) is 7.54. The Morgan fingerprint density at radius 1 is 1.50 bits per heavy atom. The van der Waals surface area contributed by atoms with Crippen molar-refractivity contribution in [2.75, 3.05) is 6.54 Å². The third-order valence-electron chi connectivity index (χ3n) is 3.46. The molecule has 3 heterocycles. The molecule has 1 N–H and O–H groups in total. The molecule has 0 saturated carbocycles. The molecule has 0 aliphatic carbocycles. The Kier molecular flexibility index (Phi) is 3.43. The summed E-state index contributed by atoms with van der Waals surface area (Å²) >= 11 is 1.56. The van der Waals surface area contributed by atoms with Crippen LogP contribution in [0.5, 0.6) is 0 Å². The minimum absolute atomic E-state index is 0.0188. The number of hydrogen-bond acceptors (Lipinski definition) is 4. The number of fused-ring (bicyclic) bond motifs is 1. The van der Waals surface area contributed by atoms with Crippen LogP contribution in [0.3, 0.4) is 0 Å². The topological polar surface area (TPSA) is 66.7 Å². The molecule has 2 aromatic rings. The number of carbonyl (C=O) groups excluding carboxylic acids is 2. The van der Waals surface area contributed by atoms with Crippen LogP contribution in [-0.2, 0) is 16.1 Å². The fraction of sp³-hybridized carbons (Fsp3) is 0.462. The molecule has 2 aromatic heterocycles. The molecule has 0 bridgehead atoms. The van der Waals surface area contributed by atoms with Crippen molar-refractivity contribution in [2.24, 2.45) is 0 Å². The lowest BCUT2D eigenvalue weighted by Gasteiger charge is -2.22. The van der Waals surface area contributed by atoms with Crippen LogP contribution >= 0.6 is 11.3 Å². The second-order valence-corrected chi connectivity index (χ2v) is 5.74. The molecule has 1 aliphatic rings. The molecule has 2 amide bonds. The van der Waals surface area contributed by atoms with Gasteiger partial charge in [0.25, 0.3) is 0 Å². The van der Waals surface area contributed by atoms with Crippen molar-refractivity contribution in [3.8, 4) is 0 Å². The van der Waals surface area contributed by atoms with Gasteiger partial charge in [0, 0.05) is 30.7 Å². The van der Waals surface area contributed by atoms with Crippen LogP contribution < -0.4 is 5.32 Å². The van der Waals surface area contributed by atoms with Gasteiger partial charge in [-0.1, -0.05) is 6.92 Å². The molecule has 0 aromatic carbocycles. The summed E-state index contributed by atoms with van der Waals surface area (Å²) in [7, 11) is 0. The summed E-state index contributed by atoms with van der Waals surface area (Å²) in [4.78, 5) is 31.1. The van der Waals surface area contributed by atoms with Crippen LogP contribution in [-0.4, -0.2) is 38.7 Å². The van der Waals surface area contributed by atoms with E-state index >= 15 is 0 Å². The first kappa shape index (κ1) is 13.1. The van der Waals surface area contributed by atoms with Gasteiger partial charge in [0.05, 0.1) is 12.2 Å². The molecule has 6 nitrogen and oxygen atoms in total. The maximum absolute atomic E-state index is 12.4. The number of aromatic nitrogens is 2. The van der Waals surface area contributed by atoms with E-state index in [0.717, 1.165) is 10.7 Å². The monoisotopic (exact) mass is 292 g/mol. The molecule has 1 aliphatic heterocycles. The Morgan fingerprint density at radius 2 is 2.35 bits per heavy atom. The standard InChI is InChI=1S/C13H16N4O2S/c1-2-10-12(19)16(4-3-11(18)15-10)7-9-8-17-5-6-20-13(17)14-9/h5-6,8,10H,2-4,7H2,1H3,(H,15,18). The molecule has 0 spiro atoms. The number of rotatable bonds is 3. The minimum Gasteiger partial charge on any atom is -0.344 e. The smallest absolute Gasteiger partial charge is 0.245 e.